The van der Waals surface area contributed by atoms with Crippen molar-refractivity contribution in [2.75, 3.05) is 20.8 Å². The Bertz CT molecular complexity index is 652. The number of methoxy groups -OCH3 is 2. The summed E-state index contributed by atoms with van der Waals surface area (Å²) in [6.45, 7) is 5.98. The summed E-state index contributed by atoms with van der Waals surface area (Å²) in [5, 5.41) is 0. The average Bonchev–Trinajstić information content (AvgIpc) is 2.53. The molecule has 0 aliphatic rings. The van der Waals surface area contributed by atoms with Gasteiger partial charge in [0.15, 0.2) is 17.3 Å². The van der Waals surface area contributed by atoms with E-state index < -0.39 is 5.97 Å². The number of carbonyl (C=O) groups excluding carboxylic acids is 2. The van der Waals surface area contributed by atoms with E-state index in [9.17, 15) is 9.59 Å². The quantitative estimate of drug-likeness (QED) is 0.412. The van der Waals surface area contributed by atoms with E-state index in [0.29, 0.717) is 30.1 Å². The Morgan fingerprint density at radius 3 is 2.38 bits per heavy atom. The lowest BCUT2D eigenvalue weighted by Crippen LogP contribution is -2.03. The largest absolute Gasteiger partial charge is 0.493 e. The van der Waals surface area contributed by atoms with Crippen molar-refractivity contribution >= 4 is 11.8 Å². The van der Waals surface area contributed by atoms with Gasteiger partial charge in [0.2, 0.25) is 0 Å². The molecule has 0 aromatic heterocycles. The summed E-state index contributed by atoms with van der Waals surface area (Å²) in [6, 6.07) is 4.83. The fraction of sp³-hybridized carbons (Fsp3) is 0.368. The Kier molecular flexibility index (Phi) is 7.75. The zero-order valence-electron chi connectivity index (χ0n) is 14.8. The summed E-state index contributed by atoms with van der Waals surface area (Å²) in [4.78, 5) is 23.2. The second kappa shape index (κ2) is 9.55. The number of rotatable bonds is 8. The highest BCUT2D eigenvalue weighted by molar-refractivity contribution is 5.91. The van der Waals surface area contributed by atoms with Crippen molar-refractivity contribution in [2.45, 2.75) is 27.2 Å². The first-order valence-electron chi connectivity index (χ1n) is 7.60. The number of esters is 1. The lowest BCUT2D eigenvalue weighted by molar-refractivity contribution is -0.114. The number of allylic oxidation sites excluding steroid dienone is 3. The van der Waals surface area contributed by atoms with Gasteiger partial charge < -0.3 is 14.2 Å². The molecule has 1 aromatic rings. The van der Waals surface area contributed by atoms with Gasteiger partial charge in [0.25, 0.3) is 0 Å². The first kappa shape index (κ1) is 19.5. The molecule has 0 saturated heterocycles. The Morgan fingerprint density at radius 2 is 1.79 bits per heavy atom. The van der Waals surface area contributed by atoms with Crippen LogP contribution in [0.4, 0.5) is 0 Å². The zero-order chi connectivity index (χ0) is 18.1. The van der Waals surface area contributed by atoms with Crippen LogP contribution in [0, 0.1) is 0 Å². The lowest BCUT2D eigenvalue weighted by atomic mass is 10.1. The van der Waals surface area contributed by atoms with Gasteiger partial charge >= 0.3 is 5.97 Å². The fourth-order valence-electron chi connectivity index (χ4n) is 2.03. The van der Waals surface area contributed by atoms with Gasteiger partial charge in [0, 0.05) is 6.42 Å². The SMILES string of the molecule is COC(=O)c1ccc(OCC=C(C)CC(=O)C=C(C)C)c(OC)c1. The van der Waals surface area contributed by atoms with Crippen molar-refractivity contribution < 1.29 is 23.8 Å². The van der Waals surface area contributed by atoms with E-state index >= 15 is 0 Å². The number of ketones is 1. The Balaban J connectivity index is 2.70. The molecule has 0 bridgehead atoms. The highest BCUT2D eigenvalue weighted by atomic mass is 16.5. The monoisotopic (exact) mass is 332 g/mol. The maximum absolute atomic E-state index is 11.7. The smallest absolute Gasteiger partial charge is 0.337 e. The van der Waals surface area contributed by atoms with Crippen LogP contribution >= 0.6 is 0 Å². The molecule has 5 nitrogen and oxygen atoms in total. The van der Waals surface area contributed by atoms with E-state index in [-0.39, 0.29) is 5.78 Å². The molecule has 24 heavy (non-hydrogen) atoms. The molecule has 0 saturated carbocycles. The van der Waals surface area contributed by atoms with Gasteiger partial charge in [-0.15, -0.1) is 0 Å². The van der Waals surface area contributed by atoms with E-state index in [1.54, 1.807) is 24.3 Å². The molecule has 5 heteroatoms. The predicted octanol–water partition coefficient (Wildman–Crippen LogP) is 3.73. The molecule has 0 spiro atoms. The van der Waals surface area contributed by atoms with E-state index in [0.717, 1.165) is 11.1 Å². The molecule has 130 valence electrons. The summed E-state index contributed by atoms with van der Waals surface area (Å²) in [5.74, 6) is 0.603. The molecule has 0 amide bonds. The fourth-order valence-corrected chi connectivity index (χ4v) is 2.03. The third kappa shape index (κ3) is 6.28. The van der Waals surface area contributed by atoms with Crippen molar-refractivity contribution in [3.8, 4) is 11.5 Å². The van der Waals surface area contributed by atoms with Gasteiger partial charge in [0.1, 0.15) is 6.61 Å². The molecular weight excluding hydrogens is 308 g/mol. The number of hydrogen-bond acceptors (Lipinski definition) is 5. The van der Waals surface area contributed by atoms with Crippen LogP contribution < -0.4 is 9.47 Å². The third-order valence-corrected chi connectivity index (χ3v) is 3.16. The maximum atomic E-state index is 11.7. The molecule has 0 fully saturated rings. The van der Waals surface area contributed by atoms with Crippen LogP contribution in [0.5, 0.6) is 11.5 Å². The van der Waals surface area contributed by atoms with Crippen LogP contribution in [0.15, 0.2) is 41.5 Å². The van der Waals surface area contributed by atoms with Crippen LogP contribution in [-0.4, -0.2) is 32.6 Å². The van der Waals surface area contributed by atoms with Gasteiger partial charge in [-0.05, 0) is 51.1 Å². The molecular formula is C19H24O5. The summed E-state index contributed by atoms with van der Waals surface area (Å²) in [6.07, 6.45) is 3.85. The van der Waals surface area contributed by atoms with Gasteiger partial charge in [-0.2, -0.15) is 0 Å². The normalized spacial score (nSPS) is 10.8. The molecule has 1 aromatic carbocycles. The topological polar surface area (TPSA) is 61.8 Å². The minimum atomic E-state index is -0.437. The summed E-state index contributed by atoms with van der Waals surface area (Å²) >= 11 is 0. The average molecular weight is 332 g/mol. The minimum Gasteiger partial charge on any atom is -0.493 e. The molecule has 0 N–H and O–H groups in total. The van der Waals surface area contributed by atoms with Crippen LogP contribution in [0.3, 0.4) is 0 Å². The molecule has 0 radical (unpaired) electrons. The number of benzene rings is 1. The highest BCUT2D eigenvalue weighted by Crippen LogP contribution is 2.28. The summed E-state index contributed by atoms with van der Waals surface area (Å²) in [7, 11) is 2.83. The van der Waals surface area contributed by atoms with Crippen LogP contribution in [0.2, 0.25) is 0 Å². The zero-order valence-corrected chi connectivity index (χ0v) is 14.8. The maximum Gasteiger partial charge on any atom is 0.337 e. The van der Waals surface area contributed by atoms with Crippen molar-refractivity contribution in [3.05, 3.63) is 47.1 Å². The van der Waals surface area contributed by atoms with E-state index in [1.807, 2.05) is 26.8 Å². The van der Waals surface area contributed by atoms with Crippen molar-refractivity contribution in [1.29, 1.82) is 0 Å². The third-order valence-electron chi connectivity index (χ3n) is 3.16. The summed E-state index contributed by atoms with van der Waals surface area (Å²) < 4.78 is 15.6. The van der Waals surface area contributed by atoms with Gasteiger partial charge in [-0.1, -0.05) is 11.1 Å². The Labute approximate surface area is 142 Å². The van der Waals surface area contributed by atoms with Crippen molar-refractivity contribution in [3.63, 3.8) is 0 Å². The van der Waals surface area contributed by atoms with Crippen LogP contribution in [0.1, 0.15) is 37.6 Å². The number of hydrogen-bond donors (Lipinski definition) is 0. The van der Waals surface area contributed by atoms with E-state index in [1.165, 1.54) is 14.2 Å². The number of ether oxygens (including phenoxy) is 3. The molecule has 0 aliphatic carbocycles. The molecule has 1 rings (SSSR count). The first-order chi connectivity index (χ1) is 11.4. The Morgan fingerprint density at radius 1 is 1.08 bits per heavy atom. The van der Waals surface area contributed by atoms with Crippen molar-refractivity contribution in [2.24, 2.45) is 0 Å². The van der Waals surface area contributed by atoms with Crippen LogP contribution in [0.25, 0.3) is 0 Å². The van der Waals surface area contributed by atoms with Gasteiger partial charge in [0.05, 0.1) is 19.8 Å². The van der Waals surface area contributed by atoms with E-state index in [4.69, 9.17) is 9.47 Å². The standard InChI is InChI=1S/C19H24O5/c1-13(2)10-16(20)11-14(3)8-9-24-17-7-6-15(19(21)23-5)12-18(17)22-4/h6-8,10,12H,9,11H2,1-5H3. The van der Waals surface area contributed by atoms with Gasteiger partial charge in [-0.3, -0.25) is 4.79 Å². The highest BCUT2D eigenvalue weighted by Gasteiger charge is 2.11. The first-order valence-corrected chi connectivity index (χ1v) is 7.60. The Hall–Kier alpha value is -2.56. The molecule has 0 heterocycles. The number of carbonyl (C=O) groups is 2. The molecule has 0 aliphatic heterocycles. The van der Waals surface area contributed by atoms with E-state index in [2.05, 4.69) is 4.74 Å². The van der Waals surface area contributed by atoms with Gasteiger partial charge in [-0.25, -0.2) is 4.79 Å². The second-order valence-electron chi connectivity index (χ2n) is 5.58. The molecule has 0 unspecified atom stereocenters. The molecule has 0 atom stereocenters. The lowest BCUT2D eigenvalue weighted by Gasteiger charge is -2.10. The summed E-state index contributed by atoms with van der Waals surface area (Å²) in [5.41, 5.74) is 2.31. The minimum absolute atomic E-state index is 0.0729. The predicted molar refractivity (Wildman–Crippen MR) is 92.6 cm³/mol. The van der Waals surface area contributed by atoms with Crippen LogP contribution in [-0.2, 0) is 9.53 Å². The second-order valence-corrected chi connectivity index (χ2v) is 5.58. The van der Waals surface area contributed by atoms with Crippen molar-refractivity contribution in [1.82, 2.24) is 0 Å².